The topological polar surface area (TPSA) is 43.4 Å². The van der Waals surface area contributed by atoms with Crippen molar-refractivity contribution in [2.24, 2.45) is 0 Å². The summed E-state index contributed by atoms with van der Waals surface area (Å²) in [7, 11) is 0. The van der Waals surface area contributed by atoms with Crippen LogP contribution in [0.1, 0.15) is 29.8 Å². The van der Waals surface area contributed by atoms with E-state index in [9.17, 15) is 9.59 Å². The summed E-state index contributed by atoms with van der Waals surface area (Å²) >= 11 is 12.0. The maximum atomic E-state index is 11.5. The first-order valence-corrected chi connectivity index (χ1v) is 6.04. The van der Waals surface area contributed by atoms with E-state index in [1.807, 2.05) is 0 Å². The molecule has 1 aromatic rings. The quantitative estimate of drug-likeness (QED) is 0.481. The Balaban J connectivity index is 3.15. The fourth-order valence-corrected chi connectivity index (χ4v) is 1.94. The van der Waals surface area contributed by atoms with Crippen LogP contribution >= 0.6 is 23.2 Å². The molecule has 0 N–H and O–H groups in total. The zero-order chi connectivity index (χ0) is 13.7. The van der Waals surface area contributed by atoms with E-state index in [-0.39, 0.29) is 0 Å². The van der Waals surface area contributed by atoms with Crippen molar-refractivity contribution in [3.05, 3.63) is 38.9 Å². The summed E-state index contributed by atoms with van der Waals surface area (Å²) in [5, 5.41) is 0.626. The van der Waals surface area contributed by atoms with Gasteiger partial charge in [-0.05, 0) is 32.1 Å². The van der Waals surface area contributed by atoms with Crippen molar-refractivity contribution >= 4 is 41.5 Å². The molecule has 0 spiro atoms. The number of rotatable bonds is 4. The molecule has 0 fully saturated rings. The number of carbonyl (C=O) groups excluding carboxylic acids is 2. The second-order valence-electron chi connectivity index (χ2n) is 3.56. The fraction of sp³-hybridized carbons (Fsp3) is 0.231. The van der Waals surface area contributed by atoms with Gasteiger partial charge in [-0.2, -0.15) is 0 Å². The van der Waals surface area contributed by atoms with Crippen LogP contribution < -0.4 is 0 Å². The van der Waals surface area contributed by atoms with E-state index < -0.39 is 5.97 Å². The van der Waals surface area contributed by atoms with Crippen LogP contribution in [0.25, 0.3) is 6.08 Å². The summed E-state index contributed by atoms with van der Waals surface area (Å²) in [6.45, 7) is 3.64. The summed E-state index contributed by atoms with van der Waals surface area (Å²) in [6, 6.07) is 2.98. The van der Waals surface area contributed by atoms with E-state index >= 15 is 0 Å². The van der Waals surface area contributed by atoms with Gasteiger partial charge in [-0.3, -0.25) is 4.79 Å². The van der Waals surface area contributed by atoms with E-state index in [0.29, 0.717) is 39.6 Å². The first-order chi connectivity index (χ1) is 8.49. The summed E-state index contributed by atoms with van der Waals surface area (Å²) in [5.74, 6) is -0.427. The van der Waals surface area contributed by atoms with E-state index in [1.54, 1.807) is 13.8 Å². The molecule has 96 valence electrons. The molecule has 0 aliphatic carbocycles. The van der Waals surface area contributed by atoms with Crippen LogP contribution in [-0.2, 0) is 9.53 Å². The molecule has 0 unspecified atom stereocenters. The van der Waals surface area contributed by atoms with E-state index in [4.69, 9.17) is 27.9 Å². The minimum Gasteiger partial charge on any atom is -0.463 e. The molecule has 1 aromatic carbocycles. The summed E-state index contributed by atoms with van der Waals surface area (Å²) < 4.78 is 4.85. The SMILES string of the molecule is CCOC(=O)/C(C)=C/c1c(Cl)cc(C=O)cc1Cl. The molecule has 5 heteroatoms. The molecule has 0 aliphatic rings. The highest BCUT2D eigenvalue weighted by Crippen LogP contribution is 2.28. The van der Waals surface area contributed by atoms with Crippen molar-refractivity contribution in [3.63, 3.8) is 0 Å². The number of hydrogen-bond acceptors (Lipinski definition) is 3. The van der Waals surface area contributed by atoms with Gasteiger partial charge in [0.05, 0.1) is 16.7 Å². The molecular weight excluding hydrogens is 275 g/mol. The third kappa shape index (κ3) is 3.59. The molecule has 0 heterocycles. The normalized spacial score (nSPS) is 11.2. The zero-order valence-corrected chi connectivity index (χ0v) is 11.5. The Hall–Kier alpha value is -1.32. The number of ether oxygens (including phenoxy) is 1. The maximum absolute atomic E-state index is 11.5. The summed E-state index contributed by atoms with van der Waals surface area (Å²) in [6.07, 6.45) is 2.20. The number of aldehydes is 1. The number of carbonyl (C=O) groups is 2. The first-order valence-electron chi connectivity index (χ1n) is 5.29. The standard InChI is InChI=1S/C13H12Cl2O3/c1-3-18-13(17)8(2)4-10-11(14)5-9(7-16)6-12(10)15/h4-7H,3H2,1-2H3/b8-4+. The monoisotopic (exact) mass is 286 g/mol. The number of benzene rings is 1. The molecule has 0 saturated carbocycles. The Kier molecular flexibility index (Phi) is 5.38. The molecule has 0 radical (unpaired) electrons. The molecule has 18 heavy (non-hydrogen) atoms. The van der Waals surface area contributed by atoms with Crippen molar-refractivity contribution in [3.8, 4) is 0 Å². The average molecular weight is 287 g/mol. The fourth-order valence-electron chi connectivity index (χ4n) is 1.33. The minimum atomic E-state index is -0.427. The van der Waals surface area contributed by atoms with Gasteiger partial charge in [0.15, 0.2) is 0 Å². The van der Waals surface area contributed by atoms with Crippen LogP contribution in [0, 0.1) is 0 Å². The molecule has 0 saturated heterocycles. The Morgan fingerprint density at radius 2 is 1.89 bits per heavy atom. The molecule has 0 atom stereocenters. The van der Waals surface area contributed by atoms with Gasteiger partial charge in [0.1, 0.15) is 6.29 Å². The lowest BCUT2D eigenvalue weighted by atomic mass is 10.1. The third-order valence-corrected chi connectivity index (χ3v) is 2.82. The zero-order valence-electron chi connectivity index (χ0n) is 10.00. The van der Waals surface area contributed by atoms with Gasteiger partial charge in [0, 0.05) is 16.7 Å². The second kappa shape index (κ2) is 6.57. The van der Waals surface area contributed by atoms with E-state index in [1.165, 1.54) is 18.2 Å². The Morgan fingerprint density at radius 3 is 2.33 bits per heavy atom. The molecule has 0 amide bonds. The lowest BCUT2D eigenvalue weighted by molar-refractivity contribution is -0.138. The van der Waals surface area contributed by atoms with Gasteiger partial charge in [-0.25, -0.2) is 4.79 Å². The van der Waals surface area contributed by atoms with E-state index in [2.05, 4.69) is 0 Å². The van der Waals surface area contributed by atoms with Crippen LogP contribution in [0.2, 0.25) is 10.0 Å². The molecule has 1 rings (SSSR count). The van der Waals surface area contributed by atoms with Crippen LogP contribution in [0.15, 0.2) is 17.7 Å². The Morgan fingerprint density at radius 1 is 1.33 bits per heavy atom. The van der Waals surface area contributed by atoms with Crippen molar-refractivity contribution in [2.75, 3.05) is 6.61 Å². The van der Waals surface area contributed by atoms with Gasteiger partial charge in [-0.1, -0.05) is 23.2 Å². The van der Waals surface area contributed by atoms with Crippen LogP contribution in [0.4, 0.5) is 0 Å². The lowest BCUT2D eigenvalue weighted by Crippen LogP contribution is -2.04. The molecule has 0 bridgehead atoms. The molecular formula is C13H12Cl2O3. The number of esters is 1. The maximum Gasteiger partial charge on any atom is 0.333 e. The van der Waals surface area contributed by atoms with Gasteiger partial charge in [-0.15, -0.1) is 0 Å². The largest absolute Gasteiger partial charge is 0.463 e. The molecule has 0 aromatic heterocycles. The van der Waals surface area contributed by atoms with Crippen molar-refractivity contribution in [1.29, 1.82) is 0 Å². The number of halogens is 2. The van der Waals surface area contributed by atoms with Crippen LogP contribution in [-0.4, -0.2) is 18.9 Å². The van der Waals surface area contributed by atoms with Gasteiger partial charge in [0.25, 0.3) is 0 Å². The van der Waals surface area contributed by atoms with Crippen molar-refractivity contribution in [1.82, 2.24) is 0 Å². The predicted molar refractivity (Wildman–Crippen MR) is 72.1 cm³/mol. The van der Waals surface area contributed by atoms with Gasteiger partial charge < -0.3 is 4.74 Å². The van der Waals surface area contributed by atoms with Gasteiger partial charge in [0.2, 0.25) is 0 Å². The number of hydrogen-bond donors (Lipinski definition) is 0. The van der Waals surface area contributed by atoms with Crippen LogP contribution in [0.3, 0.4) is 0 Å². The van der Waals surface area contributed by atoms with E-state index in [0.717, 1.165) is 0 Å². The summed E-state index contributed by atoms with van der Waals surface area (Å²) in [5.41, 5.74) is 1.27. The molecule has 0 aliphatic heterocycles. The van der Waals surface area contributed by atoms with Crippen molar-refractivity contribution in [2.45, 2.75) is 13.8 Å². The molecule has 3 nitrogen and oxygen atoms in total. The highest BCUT2D eigenvalue weighted by Gasteiger charge is 2.10. The highest BCUT2D eigenvalue weighted by atomic mass is 35.5. The minimum absolute atomic E-state index is 0.301. The third-order valence-electron chi connectivity index (χ3n) is 2.20. The first kappa shape index (κ1) is 14.7. The average Bonchev–Trinajstić information content (AvgIpc) is 2.33. The van der Waals surface area contributed by atoms with Crippen LogP contribution in [0.5, 0.6) is 0 Å². The lowest BCUT2D eigenvalue weighted by Gasteiger charge is -2.06. The Labute approximate surface area is 115 Å². The second-order valence-corrected chi connectivity index (χ2v) is 4.38. The van der Waals surface area contributed by atoms with Crippen molar-refractivity contribution < 1.29 is 14.3 Å². The van der Waals surface area contributed by atoms with Gasteiger partial charge >= 0.3 is 5.97 Å². The summed E-state index contributed by atoms with van der Waals surface area (Å²) in [4.78, 5) is 22.1. The smallest absolute Gasteiger partial charge is 0.333 e. The highest BCUT2D eigenvalue weighted by molar-refractivity contribution is 6.37. The Bertz CT molecular complexity index is 484. The predicted octanol–water partition coefficient (Wildman–Crippen LogP) is 3.77.